The van der Waals surface area contributed by atoms with Crippen LogP contribution >= 0.6 is 11.8 Å². The second-order valence-electron chi connectivity index (χ2n) is 9.29. The molecule has 13 heteroatoms. The average Bonchev–Trinajstić information content (AvgIpc) is 2.80. The predicted molar refractivity (Wildman–Crippen MR) is 143 cm³/mol. The summed E-state index contributed by atoms with van der Waals surface area (Å²) in [5.74, 6) is -2.29. The van der Waals surface area contributed by atoms with Crippen LogP contribution in [0.15, 0.2) is 4.99 Å². The standard InChI is InChI=1S/C23H45N7O5S/c1-6-14(4)18(24)21(33)28-15(9-11-36-5)19(31)30-17(12-13(2)3)20(32)29-16(22(34)35)8-7-10-27-23(25)26/h13-18H,6-12,24H2,1-5H3,(H,28,33)(H,29,32)(H,30,31)(H,34,35)(H4,25,26,27). The lowest BCUT2D eigenvalue weighted by Gasteiger charge is -2.26. The van der Waals surface area contributed by atoms with E-state index in [1.165, 1.54) is 11.8 Å². The Morgan fingerprint density at radius 3 is 1.97 bits per heavy atom. The van der Waals surface area contributed by atoms with Crippen LogP contribution in [-0.4, -0.2) is 77.5 Å². The van der Waals surface area contributed by atoms with E-state index in [0.29, 0.717) is 25.0 Å². The molecule has 12 nitrogen and oxygen atoms in total. The maximum absolute atomic E-state index is 13.1. The number of aliphatic imine (C=N–C) groups is 1. The smallest absolute Gasteiger partial charge is 0.326 e. The quantitative estimate of drug-likeness (QED) is 0.0704. The molecule has 0 aromatic carbocycles. The van der Waals surface area contributed by atoms with Crippen molar-refractivity contribution < 1.29 is 24.3 Å². The van der Waals surface area contributed by atoms with Crippen LogP contribution in [0.1, 0.15) is 59.8 Å². The van der Waals surface area contributed by atoms with E-state index in [0.717, 1.165) is 0 Å². The number of carboxylic acid groups (broad SMARTS) is 1. The molecule has 208 valence electrons. The van der Waals surface area contributed by atoms with Crippen molar-refractivity contribution in [3.63, 3.8) is 0 Å². The van der Waals surface area contributed by atoms with E-state index >= 15 is 0 Å². The lowest BCUT2D eigenvalue weighted by atomic mass is 9.98. The van der Waals surface area contributed by atoms with Gasteiger partial charge in [0.1, 0.15) is 18.1 Å². The molecule has 0 saturated heterocycles. The zero-order chi connectivity index (χ0) is 27.8. The minimum absolute atomic E-state index is 0.0317. The summed E-state index contributed by atoms with van der Waals surface area (Å²) in [4.78, 5) is 54.2. The first kappa shape index (κ1) is 33.5. The van der Waals surface area contributed by atoms with Gasteiger partial charge in [-0.05, 0) is 49.5 Å². The largest absolute Gasteiger partial charge is 0.480 e. The van der Waals surface area contributed by atoms with Crippen LogP contribution in [-0.2, 0) is 19.2 Å². The van der Waals surface area contributed by atoms with Crippen LogP contribution in [0.25, 0.3) is 0 Å². The zero-order valence-electron chi connectivity index (χ0n) is 22.1. The number of amides is 3. The Labute approximate surface area is 218 Å². The molecule has 3 amide bonds. The Morgan fingerprint density at radius 1 is 0.917 bits per heavy atom. The summed E-state index contributed by atoms with van der Waals surface area (Å²) in [5.41, 5.74) is 16.6. The summed E-state index contributed by atoms with van der Waals surface area (Å²) in [5, 5.41) is 17.5. The van der Waals surface area contributed by atoms with Crippen LogP contribution in [0, 0.1) is 11.8 Å². The van der Waals surface area contributed by atoms with Crippen LogP contribution in [0.2, 0.25) is 0 Å². The fraction of sp³-hybridized carbons (Fsp3) is 0.783. The molecule has 0 aliphatic heterocycles. The van der Waals surface area contributed by atoms with Gasteiger partial charge in [0, 0.05) is 6.54 Å². The summed E-state index contributed by atoms with van der Waals surface area (Å²) >= 11 is 1.52. The summed E-state index contributed by atoms with van der Waals surface area (Å²) in [6, 6.07) is -3.78. The van der Waals surface area contributed by atoms with Crippen LogP contribution in [0.5, 0.6) is 0 Å². The molecule has 0 fully saturated rings. The zero-order valence-corrected chi connectivity index (χ0v) is 22.9. The Balaban J connectivity index is 5.46. The molecular formula is C23H45N7O5S. The molecule has 36 heavy (non-hydrogen) atoms. The van der Waals surface area contributed by atoms with Crippen molar-refractivity contribution in [2.24, 2.45) is 34.0 Å². The molecule has 0 heterocycles. The van der Waals surface area contributed by atoms with E-state index in [1.807, 2.05) is 34.0 Å². The molecule has 0 aromatic rings. The summed E-state index contributed by atoms with van der Waals surface area (Å²) in [6.45, 7) is 7.78. The lowest BCUT2D eigenvalue weighted by Crippen LogP contribution is -2.58. The second-order valence-corrected chi connectivity index (χ2v) is 10.3. The molecular weight excluding hydrogens is 486 g/mol. The van der Waals surface area contributed by atoms with Gasteiger partial charge in [-0.3, -0.25) is 19.4 Å². The molecule has 5 unspecified atom stereocenters. The third-order valence-corrected chi connectivity index (χ3v) is 6.35. The van der Waals surface area contributed by atoms with E-state index < -0.39 is 47.9 Å². The van der Waals surface area contributed by atoms with E-state index in [4.69, 9.17) is 17.2 Å². The Hall–Kier alpha value is -2.54. The van der Waals surface area contributed by atoms with Gasteiger partial charge in [-0.1, -0.05) is 34.1 Å². The number of thioether (sulfide) groups is 1. The van der Waals surface area contributed by atoms with Gasteiger partial charge in [0.25, 0.3) is 0 Å². The molecule has 0 aliphatic carbocycles. The first-order valence-corrected chi connectivity index (χ1v) is 13.7. The Bertz CT molecular complexity index is 746. The minimum Gasteiger partial charge on any atom is -0.480 e. The molecule has 0 spiro atoms. The van der Waals surface area contributed by atoms with Gasteiger partial charge in [0.2, 0.25) is 17.7 Å². The summed E-state index contributed by atoms with van der Waals surface area (Å²) < 4.78 is 0. The van der Waals surface area contributed by atoms with E-state index in [9.17, 15) is 24.3 Å². The van der Waals surface area contributed by atoms with Crippen molar-refractivity contribution >= 4 is 41.4 Å². The number of carbonyl (C=O) groups excluding carboxylic acids is 3. The van der Waals surface area contributed by atoms with Crippen LogP contribution in [0.4, 0.5) is 0 Å². The minimum atomic E-state index is -1.20. The molecule has 0 aromatic heterocycles. The number of guanidine groups is 1. The normalized spacial score (nSPS) is 15.2. The van der Waals surface area contributed by atoms with Crippen LogP contribution < -0.4 is 33.2 Å². The van der Waals surface area contributed by atoms with Crippen molar-refractivity contribution in [3.05, 3.63) is 0 Å². The monoisotopic (exact) mass is 531 g/mol. The Morgan fingerprint density at radius 2 is 1.47 bits per heavy atom. The van der Waals surface area contributed by atoms with E-state index in [-0.39, 0.29) is 37.2 Å². The van der Waals surface area contributed by atoms with E-state index in [1.54, 1.807) is 0 Å². The highest BCUT2D eigenvalue weighted by Crippen LogP contribution is 2.10. The van der Waals surface area contributed by atoms with Crippen molar-refractivity contribution in [2.45, 2.75) is 84.0 Å². The highest BCUT2D eigenvalue weighted by Gasteiger charge is 2.31. The highest BCUT2D eigenvalue weighted by atomic mass is 32.2. The number of nitrogens with one attached hydrogen (secondary N) is 3. The molecule has 0 radical (unpaired) electrons. The van der Waals surface area contributed by atoms with E-state index in [2.05, 4.69) is 20.9 Å². The van der Waals surface area contributed by atoms with Crippen molar-refractivity contribution in [2.75, 3.05) is 18.6 Å². The number of hydrogen-bond acceptors (Lipinski definition) is 7. The van der Waals surface area contributed by atoms with Gasteiger partial charge in [-0.2, -0.15) is 11.8 Å². The first-order chi connectivity index (χ1) is 16.8. The predicted octanol–water partition coefficient (Wildman–Crippen LogP) is -0.248. The third-order valence-electron chi connectivity index (χ3n) is 5.70. The Kier molecular flexibility index (Phi) is 16.6. The number of rotatable bonds is 18. The molecule has 0 bridgehead atoms. The lowest BCUT2D eigenvalue weighted by molar-refractivity contribution is -0.142. The number of aliphatic carboxylic acids is 1. The highest BCUT2D eigenvalue weighted by molar-refractivity contribution is 7.98. The van der Waals surface area contributed by atoms with Gasteiger partial charge in [0.15, 0.2) is 5.96 Å². The number of carbonyl (C=O) groups is 4. The average molecular weight is 532 g/mol. The third kappa shape index (κ3) is 13.5. The number of carboxylic acids is 1. The molecule has 0 saturated carbocycles. The SMILES string of the molecule is CCC(C)C(N)C(=O)NC(CCSC)C(=O)NC(CC(C)C)C(=O)NC(CCCN=C(N)N)C(=O)O. The van der Waals surface area contributed by atoms with Crippen molar-refractivity contribution in [3.8, 4) is 0 Å². The fourth-order valence-corrected chi connectivity index (χ4v) is 3.76. The second kappa shape index (κ2) is 17.8. The molecule has 10 N–H and O–H groups in total. The van der Waals surface area contributed by atoms with Gasteiger partial charge < -0.3 is 38.3 Å². The van der Waals surface area contributed by atoms with Gasteiger partial charge in [-0.25, -0.2) is 4.79 Å². The summed E-state index contributed by atoms with van der Waals surface area (Å²) in [6.07, 6.45) is 3.69. The molecule has 5 atom stereocenters. The van der Waals surface area contributed by atoms with Gasteiger partial charge in [0.05, 0.1) is 6.04 Å². The molecule has 0 aliphatic rings. The van der Waals surface area contributed by atoms with Crippen LogP contribution in [0.3, 0.4) is 0 Å². The number of hydrogen-bond donors (Lipinski definition) is 7. The van der Waals surface area contributed by atoms with Gasteiger partial charge >= 0.3 is 5.97 Å². The van der Waals surface area contributed by atoms with Crippen molar-refractivity contribution in [1.82, 2.24) is 16.0 Å². The van der Waals surface area contributed by atoms with Crippen molar-refractivity contribution in [1.29, 1.82) is 0 Å². The topological polar surface area (TPSA) is 215 Å². The molecule has 0 rings (SSSR count). The van der Waals surface area contributed by atoms with Gasteiger partial charge in [-0.15, -0.1) is 0 Å². The fourth-order valence-electron chi connectivity index (χ4n) is 3.29. The number of nitrogens with zero attached hydrogens (tertiary/aromatic N) is 1. The maximum Gasteiger partial charge on any atom is 0.326 e. The number of nitrogens with two attached hydrogens (primary N) is 3. The summed E-state index contributed by atoms with van der Waals surface area (Å²) in [7, 11) is 0. The maximum atomic E-state index is 13.1. The first-order valence-electron chi connectivity index (χ1n) is 12.3.